The van der Waals surface area contributed by atoms with E-state index in [-0.39, 0.29) is 10.9 Å². The normalized spacial score (nSPS) is 14.5. The summed E-state index contributed by atoms with van der Waals surface area (Å²) in [5, 5.41) is 3.16. The Bertz CT molecular complexity index is 367. The van der Waals surface area contributed by atoms with Gasteiger partial charge >= 0.3 is 0 Å². The fraction of sp³-hybridized carbons (Fsp3) is 0.500. The first-order valence-electron chi connectivity index (χ1n) is 5.54. The summed E-state index contributed by atoms with van der Waals surface area (Å²) < 4.78 is 30.5. The molecule has 96 valence electrons. The standard InChI is InChI=1S/C12H18FNO2S/c1-3-14-10(8-16-2)9-17(15)12-7-5-4-6-11(12)13/h4-7,10,14H,3,8-9H2,1-2H3. The molecule has 2 atom stereocenters. The first kappa shape index (κ1) is 14.3. The molecule has 1 aromatic rings. The van der Waals surface area contributed by atoms with E-state index in [0.717, 1.165) is 6.54 Å². The van der Waals surface area contributed by atoms with E-state index >= 15 is 0 Å². The molecule has 0 saturated heterocycles. The van der Waals surface area contributed by atoms with Crippen molar-refractivity contribution in [2.24, 2.45) is 0 Å². The van der Waals surface area contributed by atoms with Crippen molar-refractivity contribution in [3.05, 3.63) is 30.1 Å². The summed E-state index contributed by atoms with van der Waals surface area (Å²) >= 11 is 0. The van der Waals surface area contributed by atoms with Gasteiger partial charge in [0.2, 0.25) is 0 Å². The monoisotopic (exact) mass is 259 g/mol. The number of methoxy groups -OCH3 is 1. The Kier molecular flexibility index (Phi) is 6.32. The van der Waals surface area contributed by atoms with Crippen LogP contribution in [-0.4, -0.2) is 36.3 Å². The average Bonchev–Trinajstić information content (AvgIpc) is 2.30. The van der Waals surface area contributed by atoms with E-state index in [1.165, 1.54) is 6.07 Å². The summed E-state index contributed by atoms with van der Waals surface area (Å²) in [6.07, 6.45) is 0. The molecule has 0 saturated carbocycles. The van der Waals surface area contributed by atoms with Gasteiger partial charge < -0.3 is 10.1 Å². The highest BCUT2D eigenvalue weighted by Gasteiger charge is 2.15. The van der Waals surface area contributed by atoms with Crippen LogP contribution < -0.4 is 5.32 Å². The van der Waals surface area contributed by atoms with Gasteiger partial charge in [0.1, 0.15) is 5.82 Å². The topological polar surface area (TPSA) is 38.3 Å². The van der Waals surface area contributed by atoms with Gasteiger partial charge in [-0.2, -0.15) is 0 Å². The number of nitrogens with one attached hydrogen (secondary N) is 1. The molecule has 2 unspecified atom stereocenters. The van der Waals surface area contributed by atoms with Crippen molar-refractivity contribution >= 4 is 10.8 Å². The highest BCUT2D eigenvalue weighted by Crippen LogP contribution is 2.12. The van der Waals surface area contributed by atoms with Crippen molar-refractivity contribution in [2.45, 2.75) is 17.9 Å². The van der Waals surface area contributed by atoms with Crippen LogP contribution in [0, 0.1) is 5.82 Å². The Morgan fingerprint density at radius 2 is 2.18 bits per heavy atom. The second-order valence-electron chi connectivity index (χ2n) is 3.65. The van der Waals surface area contributed by atoms with Crippen LogP contribution in [0.3, 0.4) is 0 Å². The minimum Gasteiger partial charge on any atom is -0.383 e. The van der Waals surface area contributed by atoms with Gasteiger partial charge in [-0.3, -0.25) is 4.21 Å². The van der Waals surface area contributed by atoms with E-state index in [1.54, 1.807) is 25.3 Å². The summed E-state index contributed by atoms with van der Waals surface area (Å²) in [6.45, 7) is 3.20. The number of hydrogen-bond donors (Lipinski definition) is 1. The van der Waals surface area contributed by atoms with Crippen LogP contribution in [0.5, 0.6) is 0 Å². The van der Waals surface area contributed by atoms with Crippen LogP contribution in [-0.2, 0) is 15.5 Å². The Morgan fingerprint density at radius 3 is 2.76 bits per heavy atom. The van der Waals surface area contributed by atoms with Crippen molar-refractivity contribution in [3.63, 3.8) is 0 Å². The molecule has 0 radical (unpaired) electrons. The zero-order valence-corrected chi connectivity index (χ0v) is 10.9. The Hall–Kier alpha value is -0.780. The minimum atomic E-state index is -1.35. The number of hydrogen-bond acceptors (Lipinski definition) is 3. The second kappa shape index (κ2) is 7.53. The third-order valence-corrected chi connectivity index (χ3v) is 3.82. The predicted octanol–water partition coefficient (Wildman–Crippen LogP) is 1.56. The molecule has 17 heavy (non-hydrogen) atoms. The fourth-order valence-corrected chi connectivity index (χ4v) is 2.83. The number of likely N-dealkylation sites (N-methyl/N-ethyl adjacent to an activating group) is 1. The molecule has 0 fully saturated rings. The second-order valence-corrected chi connectivity index (χ2v) is 5.12. The summed E-state index contributed by atoms with van der Waals surface area (Å²) in [5.74, 6) is -0.0682. The average molecular weight is 259 g/mol. The Labute approximate surface area is 104 Å². The molecule has 0 aliphatic rings. The van der Waals surface area contributed by atoms with Gasteiger partial charge in [0.25, 0.3) is 0 Å². The third kappa shape index (κ3) is 4.53. The highest BCUT2D eigenvalue weighted by atomic mass is 32.2. The van der Waals surface area contributed by atoms with Crippen LogP contribution in [0.2, 0.25) is 0 Å². The smallest absolute Gasteiger partial charge is 0.139 e. The lowest BCUT2D eigenvalue weighted by Crippen LogP contribution is -2.37. The summed E-state index contributed by atoms with van der Waals surface area (Å²) in [4.78, 5) is 0.256. The molecule has 0 bridgehead atoms. The lowest BCUT2D eigenvalue weighted by Gasteiger charge is -2.16. The third-order valence-electron chi connectivity index (χ3n) is 2.30. The molecular formula is C12H18FNO2S. The van der Waals surface area contributed by atoms with Gasteiger partial charge in [-0.25, -0.2) is 4.39 Å². The van der Waals surface area contributed by atoms with E-state index in [1.807, 2.05) is 6.92 Å². The van der Waals surface area contributed by atoms with Crippen molar-refractivity contribution in [2.75, 3.05) is 26.0 Å². The van der Waals surface area contributed by atoms with Crippen molar-refractivity contribution < 1.29 is 13.3 Å². The van der Waals surface area contributed by atoms with Gasteiger partial charge in [0.15, 0.2) is 0 Å². The molecule has 3 nitrogen and oxygen atoms in total. The van der Waals surface area contributed by atoms with E-state index in [9.17, 15) is 8.60 Å². The first-order valence-corrected chi connectivity index (χ1v) is 6.86. The number of halogens is 1. The maximum Gasteiger partial charge on any atom is 0.139 e. The largest absolute Gasteiger partial charge is 0.383 e. The Morgan fingerprint density at radius 1 is 1.47 bits per heavy atom. The maximum absolute atomic E-state index is 13.4. The van der Waals surface area contributed by atoms with Gasteiger partial charge in [0.05, 0.1) is 22.3 Å². The molecule has 0 aromatic heterocycles. The molecule has 1 rings (SSSR count). The minimum absolute atomic E-state index is 0.0227. The number of rotatable bonds is 7. The van der Waals surface area contributed by atoms with E-state index < -0.39 is 16.6 Å². The quantitative estimate of drug-likeness (QED) is 0.807. The van der Waals surface area contributed by atoms with E-state index in [0.29, 0.717) is 12.4 Å². The molecule has 1 N–H and O–H groups in total. The van der Waals surface area contributed by atoms with Gasteiger partial charge in [-0.15, -0.1) is 0 Å². The van der Waals surface area contributed by atoms with Gasteiger partial charge in [-0.1, -0.05) is 19.1 Å². The molecule has 0 aliphatic carbocycles. The van der Waals surface area contributed by atoms with Crippen molar-refractivity contribution in [1.82, 2.24) is 5.32 Å². The SMILES string of the molecule is CCNC(COC)CS(=O)c1ccccc1F. The summed E-state index contributed by atoms with van der Waals surface area (Å²) in [5.41, 5.74) is 0. The van der Waals surface area contributed by atoms with Crippen LogP contribution in [0.1, 0.15) is 6.92 Å². The number of ether oxygens (including phenoxy) is 1. The fourth-order valence-electron chi connectivity index (χ4n) is 1.56. The highest BCUT2D eigenvalue weighted by molar-refractivity contribution is 7.85. The van der Waals surface area contributed by atoms with Crippen LogP contribution >= 0.6 is 0 Å². The first-order chi connectivity index (χ1) is 8.19. The van der Waals surface area contributed by atoms with Crippen LogP contribution in [0.4, 0.5) is 4.39 Å². The van der Waals surface area contributed by atoms with Crippen LogP contribution in [0.25, 0.3) is 0 Å². The molecule has 0 heterocycles. The van der Waals surface area contributed by atoms with E-state index in [2.05, 4.69) is 5.32 Å². The maximum atomic E-state index is 13.4. The Balaban J connectivity index is 2.67. The summed E-state index contributed by atoms with van der Waals surface area (Å²) in [6, 6.07) is 6.14. The number of benzene rings is 1. The van der Waals surface area contributed by atoms with Crippen molar-refractivity contribution in [3.8, 4) is 0 Å². The zero-order valence-electron chi connectivity index (χ0n) is 10.1. The van der Waals surface area contributed by atoms with Crippen LogP contribution in [0.15, 0.2) is 29.2 Å². The molecule has 0 spiro atoms. The molecule has 1 aromatic carbocycles. The molecule has 0 aliphatic heterocycles. The zero-order chi connectivity index (χ0) is 12.7. The summed E-state index contributed by atoms with van der Waals surface area (Å²) in [7, 11) is 0.248. The lowest BCUT2D eigenvalue weighted by atomic mass is 10.3. The lowest BCUT2D eigenvalue weighted by molar-refractivity contribution is 0.174. The van der Waals surface area contributed by atoms with E-state index in [4.69, 9.17) is 4.74 Å². The molecule has 0 amide bonds. The predicted molar refractivity (Wildman–Crippen MR) is 67.0 cm³/mol. The van der Waals surface area contributed by atoms with Crippen molar-refractivity contribution in [1.29, 1.82) is 0 Å². The van der Waals surface area contributed by atoms with Gasteiger partial charge in [-0.05, 0) is 18.7 Å². The van der Waals surface area contributed by atoms with Gasteiger partial charge in [0, 0.05) is 18.9 Å². The molecular weight excluding hydrogens is 241 g/mol. The molecule has 5 heteroatoms.